The SMILES string of the molecule is c1ccc2c(c1)CCC1(CCN(Cc3cncs3)C1)O2. The minimum Gasteiger partial charge on any atom is -0.486 e. The number of ether oxygens (including phenoxy) is 1. The first-order valence-electron chi connectivity index (χ1n) is 7.20. The monoisotopic (exact) mass is 286 g/mol. The number of hydrogen-bond donors (Lipinski definition) is 0. The van der Waals surface area contributed by atoms with Crippen molar-refractivity contribution in [1.29, 1.82) is 0 Å². The van der Waals surface area contributed by atoms with Gasteiger partial charge in [-0.1, -0.05) is 18.2 Å². The number of hydrogen-bond acceptors (Lipinski definition) is 4. The van der Waals surface area contributed by atoms with E-state index in [-0.39, 0.29) is 5.60 Å². The van der Waals surface area contributed by atoms with Gasteiger partial charge in [0.15, 0.2) is 0 Å². The van der Waals surface area contributed by atoms with Crippen LogP contribution < -0.4 is 4.74 Å². The molecule has 2 aliphatic rings. The minimum absolute atomic E-state index is 0.0407. The highest BCUT2D eigenvalue weighted by atomic mass is 32.1. The Morgan fingerprint density at radius 2 is 2.25 bits per heavy atom. The number of likely N-dealkylation sites (tertiary alicyclic amines) is 1. The third-order valence-electron chi connectivity index (χ3n) is 4.41. The molecule has 20 heavy (non-hydrogen) atoms. The van der Waals surface area contributed by atoms with Crippen molar-refractivity contribution in [3.63, 3.8) is 0 Å². The average molecular weight is 286 g/mol. The third kappa shape index (κ3) is 2.23. The first-order valence-corrected chi connectivity index (χ1v) is 8.08. The Kier molecular flexibility index (Phi) is 3.00. The maximum atomic E-state index is 6.38. The molecule has 0 N–H and O–H groups in total. The van der Waals surface area contributed by atoms with E-state index in [0.717, 1.165) is 44.6 Å². The molecule has 0 aliphatic carbocycles. The van der Waals surface area contributed by atoms with Crippen LogP contribution in [0.3, 0.4) is 0 Å². The summed E-state index contributed by atoms with van der Waals surface area (Å²) in [5.74, 6) is 1.10. The van der Waals surface area contributed by atoms with Gasteiger partial charge in [0.2, 0.25) is 0 Å². The number of fused-ring (bicyclic) bond motifs is 1. The van der Waals surface area contributed by atoms with Gasteiger partial charge in [0.05, 0.1) is 5.51 Å². The molecule has 1 unspecified atom stereocenters. The standard InChI is InChI=1S/C16H18N2OS/c1-2-4-15-13(3-1)5-6-16(19-15)7-8-18(11-16)10-14-9-17-12-20-14/h1-4,9,12H,5-8,10-11H2. The van der Waals surface area contributed by atoms with Crippen molar-refractivity contribution in [3.8, 4) is 5.75 Å². The van der Waals surface area contributed by atoms with E-state index in [2.05, 4.69) is 34.1 Å². The Balaban J connectivity index is 1.48. The molecule has 0 saturated carbocycles. The van der Waals surface area contributed by atoms with Crippen LogP contribution in [0.1, 0.15) is 23.3 Å². The first kappa shape index (κ1) is 12.4. The van der Waals surface area contributed by atoms with Crippen LogP contribution in [-0.2, 0) is 13.0 Å². The third-order valence-corrected chi connectivity index (χ3v) is 5.17. The van der Waals surface area contributed by atoms with Crippen molar-refractivity contribution >= 4 is 11.3 Å². The van der Waals surface area contributed by atoms with E-state index in [1.807, 2.05) is 11.7 Å². The van der Waals surface area contributed by atoms with E-state index >= 15 is 0 Å². The highest BCUT2D eigenvalue weighted by Gasteiger charge is 2.42. The van der Waals surface area contributed by atoms with Gasteiger partial charge in [-0.15, -0.1) is 11.3 Å². The normalized spacial score (nSPS) is 25.6. The molecule has 104 valence electrons. The molecular formula is C16H18N2OS. The van der Waals surface area contributed by atoms with Crippen molar-refractivity contribution in [2.75, 3.05) is 13.1 Å². The lowest BCUT2D eigenvalue weighted by atomic mass is 9.90. The second-order valence-corrected chi connectivity index (χ2v) is 6.79. The molecule has 3 heterocycles. The molecule has 1 saturated heterocycles. The molecule has 0 radical (unpaired) electrons. The summed E-state index contributed by atoms with van der Waals surface area (Å²) < 4.78 is 6.38. The van der Waals surface area contributed by atoms with Crippen LogP contribution in [0.4, 0.5) is 0 Å². The van der Waals surface area contributed by atoms with Crippen LogP contribution in [0.15, 0.2) is 36.0 Å². The summed E-state index contributed by atoms with van der Waals surface area (Å²) in [6, 6.07) is 8.47. The summed E-state index contributed by atoms with van der Waals surface area (Å²) >= 11 is 1.74. The van der Waals surface area contributed by atoms with Crippen LogP contribution in [0.2, 0.25) is 0 Å². The molecule has 0 bridgehead atoms. The molecular weight excluding hydrogens is 268 g/mol. The van der Waals surface area contributed by atoms with E-state index in [1.54, 1.807) is 11.3 Å². The van der Waals surface area contributed by atoms with Gasteiger partial charge in [0, 0.05) is 37.1 Å². The summed E-state index contributed by atoms with van der Waals surface area (Å²) in [4.78, 5) is 8.01. The maximum Gasteiger partial charge on any atom is 0.123 e. The fourth-order valence-electron chi connectivity index (χ4n) is 3.35. The van der Waals surface area contributed by atoms with Gasteiger partial charge in [-0.05, 0) is 24.5 Å². The van der Waals surface area contributed by atoms with E-state index in [4.69, 9.17) is 4.74 Å². The van der Waals surface area contributed by atoms with Crippen molar-refractivity contribution in [3.05, 3.63) is 46.4 Å². The highest BCUT2D eigenvalue weighted by Crippen LogP contribution is 2.38. The van der Waals surface area contributed by atoms with E-state index in [0.29, 0.717) is 0 Å². The first-order chi connectivity index (χ1) is 9.83. The smallest absolute Gasteiger partial charge is 0.123 e. The number of aryl methyl sites for hydroxylation is 1. The lowest BCUT2D eigenvalue weighted by molar-refractivity contribution is 0.0538. The Bertz CT molecular complexity index is 598. The Labute approximate surface area is 123 Å². The second kappa shape index (κ2) is 4.86. The van der Waals surface area contributed by atoms with Gasteiger partial charge < -0.3 is 4.74 Å². The topological polar surface area (TPSA) is 25.4 Å². The molecule has 4 heteroatoms. The van der Waals surface area contributed by atoms with Gasteiger partial charge in [0.25, 0.3) is 0 Å². The molecule has 1 aromatic heterocycles. The van der Waals surface area contributed by atoms with Crippen molar-refractivity contribution in [2.45, 2.75) is 31.4 Å². The Morgan fingerprint density at radius 3 is 3.15 bits per heavy atom. The number of thiazole rings is 1. The van der Waals surface area contributed by atoms with Crippen molar-refractivity contribution in [2.24, 2.45) is 0 Å². The van der Waals surface area contributed by atoms with Gasteiger partial charge in [-0.2, -0.15) is 0 Å². The molecule has 1 atom stereocenters. The Hall–Kier alpha value is -1.39. The summed E-state index contributed by atoms with van der Waals surface area (Å²) in [5, 5.41) is 0. The molecule has 0 amide bonds. The van der Waals surface area contributed by atoms with Crippen LogP contribution in [0, 0.1) is 0 Å². The lowest BCUT2D eigenvalue weighted by Gasteiger charge is -2.35. The number of para-hydroxylation sites is 1. The summed E-state index contributed by atoms with van der Waals surface area (Å²) in [7, 11) is 0. The lowest BCUT2D eigenvalue weighted by Crippen LogP contribution is -2.42. The van der Waals surface area contributed by atoms with E-state index < -0.39 is 0 Å². The number of rotatable bonds is 2. The second-order valence-electron chi connectivity index (χ2n) is 5.82. The van der Waals surface area contributed by atoms with Crippen LogP contribution in [-0.4, -0.2) is 28.6 Å². The zero-order chi connectivity index (χ0) is 13.4. The van der Waals surface area contributed by atoms with Gasteiger partial charge >= 0.3 is 0 Å². The molecule has 2 aromatic rings. The van der Waals surface area contributed by atoms with Crippen molar-refractivity contribution in [1.82, 2.24) is 9.88 Å². The van der Waals surface area contributed by atoms with Gasteiger partial charge in [0.1, 0.15) is 11.4 Å². The summed E-state index contributed by atoms with van der Waals surface area (Å²) in [5.41, 5.74) is 3.31. The maximum absolute atomic E-state index is 6.38. The van der Waals surface area contributed by atoms with E-state index in [1.165, 1.54) is 10.4 Å². The quantitative estimate of drug-likeness (QED) is 0.848. The number of nitrogens with zero attached hydrogens (tertiary/aromatic N) is 2. The molecule has 3 nitrogen and oxygen atoms in total. The van der Waals surface area contributed by atoms with E-state index in [9.17, 15) is 0 Å². The number of benzene rings is 1. The summed E-state index contributed by atoms with van der Waals surface area (Å²) in [6.07, 6.45) is 5.40. The zero-order valence-corrected chi connectivity index (χ0v) is 12.2. The van der Waals surface area contributed by atoms with Crippen LogP contribution in [0.25, 0.3) is 0 Å². The Morgan fingerprint density at radius 1 is 1.30 bits per heavy atom. The number of aromatic nitrogens is 1. The van der Waals surface area contributed by atoms with Gasteiger partial charge in [-0.25, -0.2) is 0 Å². The fourth-order valence-corrected chi connectivity index (χ4v) is 3.98. The zero-order valence-electron chi connectivity index (χ0n) is 11.4. The summed E-state index contributed by atoms with van der Waals surface area (Å²) in [6.45, 7) is 3.18. The predicted molar refractivity (Wildman–Crippen MR) is 80.1 cm³/mol. The fraction of sp³-hybridized carbons (Fsp3) is 0.438. The molecule has 1 aromatic carbocycles. The molecule has 2 aliphatic heterocycles. The predicted octanol–water partition coefficient (Wildman–Crippen LogP) is 3.11. The highest BCUT2D eigenvalue weighted by molar-refractivity contribution is 7.09. The van der Waals surface area contributed by atoms with Crippen molar-refractivity contribution < 1.29 is 4.74 Å². The van der Waals surface area contributed by atoms with Gasteiger partial charge in [-0.3, -0.25) is 9.88 Å². The van der Waals surface area contributed by atoms with Crippen LogP contribution in [0.5, 0.6) is 5.75 Å². The minimum atomic E-state index is 0.0407. The largest absolute Gasteiger partial charge is 0.486 e. The average Bonchev–Trinajstić information content (AvgIpc) is 3.10. The molecule has 1 spiro atoms. The van der Waals surface area contributed by atoms with Crippen LogP contribution >= 0.6 is 11.3 Å². The molecule has 4 rings (SSSR count). The molecule has 1 fully saturated rings.